The van der Waals surface area contributed by atoms with Crippen molar-refractivity contribution in [2.75, 3.05) is 18.0 Å². The van der Waals surface area contributed by atoms with Crippen LogP contribution in [0.3, 0.4) is 0 Å². The zero-order valence-electron chi connectivity index (χ0n) is 11.6. The lowest BCUT2D eigenvalue weighted by Crippen LogP contribution is -2.41. The van der Waals surface area contributed by atoms with Crippen molar-refractivity contribution in [2.24, 2.45) is 0 Å². The molecular formula is C14H16ClN5O. The second-order valence-corrected chi connectivity index (χ2v) is 5.80. The lowest BCUT2D eigenvalue weighted by atomic mass is 10.2. The minimum absolute atomic E-state index is 0.0439. The Kier molecular flexibility index (Phi) is 3.93. The second kappa shape index (κ2) is 5.86. The first-order chi connectivity index (χ1) is 10.2. The highest BCUT2D eigenvalue weighted by atomic mass is 35.5. The molecule has 1 fully saturated rings. The lowest BCUT2D eigenvalue weighted by Gasteiger charge is -2.29. The molecule has 0 saturated heterocycles. The summed E-state index contributed by atoms with van der Waals surface area (Å²) in [5.41, 5.74) is 0.854. The number of halogens is 1. The molecule has 2 aliphatic rings. The lowest BCUT2D eigenvalue weighted by molar-refractivity contribution is -0.129. The van der Waals surface area contributed by atoms with Crippen molar-refractivity contribution in [3.8, 4) is 6.07 Å². The third-order valence-electron chi connectivity index (χ3n) is 4.13. The fourth-order valence-corrected chi connectivity index (χ4v) is 3.23. The predicted octanol–water partition coefficient (Wildman–Crippen LogP) is 1.74. The summed E-state index contributed by atoms with van der Waals surface area (Å²) in [4.78, 5) is 24.3. The van der Waals surface area contributed by atoms with E-state index in [1.807, 2.05) is 6.07 Å². The van der Waals surface area contributed by atoms with Crippen LogP contribution in [0.4, 0.5) is 5.82 Å². The third-order valence-corrected chi connectivity index (χ3v) is 4.31. The molecule has 1 saturated carbocycles. The van der Waals surface area contributed by atoms with E-state index in [-0.39, 0.29) is 24.3 Å². The van der Waals surface area contributed by atoms with Crippen LogP contribution < -0.4 is 4.90 Å². The van der Waals surface area contributed by atoms with Crippen molar-refractivity contribution in [1.82, 2.24) is 14.9 Å². The van der Waals surface area contributed by atoms with Crippen LogP contribution in [0.1, 0.15) is 31.2 Å². The van der Waals surface area contributed by atoms with E-state index in [1.54, 1.807) is 11.1 Å². The Morgan fingerprint density at radius 2 is 2.14 bits per heavy atom. The molecule has 1 aliphatic heterocycles. The zero-order chi connectivity index (χ0) is 14.8. The molecule has 0 aromatic carbocycles. The molecule has 0 spiro atoms. The highest BCUT2D eigenvalue weighted by molar-refractivity contribution is 6.28. The van der Waals surface area contributed by atoms with Crippen LogP contribution in [0.2, 0.25) is 5.28 Å². The van der Waals surface area contributed by atoms with Crippen molar-refractivity contribution < 1.29 is 4.79 Å². The summed E-state index contributed by atoms with van der Waals surface area (Å²) in [6.07, 6.45) is 6.13. The largest absolute Gasteiger partial charge is 0.344 e. The fourth-order valence-electron chi connectivity index (χ4n) is 3.10. The smallest absolute Gasteiger partial charge is 0.243 e. The van der Waals surface area contributed by atoms with E-state index in [1.165, 1.54) is 12.8 Å². The number of carbonyl (C=O) groups is 1. The van der Waals surface area contributed by atoms with Gasteiger partial charge in [0.1, 0.15) is 12.4 Å². The van der Waals surface area contributed by atoms with Crippen LogP contribution in [-0.4, -0.2) is 39.9 Å². The summed E-state index contributed by atoms with van der Waals surface area (Å²) < 4.78 is 0. The molecule has 0 unspecified atom stereocenters. The molecule has 3 rings (SSSR count). The van der Waals surface area contributed by atoms with Gasteiger partial charge in [0.15, 0.2) is 0 Å². The second-order valence-electron chi connectivity index (χ2n) is 5.46. The van der Waals surface area contributed by atoms with Crippen LogP contribution >= 0.6 is 11.6 Å². The maximum absolute atomic E-state index is 12.4. The minimum atomic E-state index is -0.0439. The van der Waals surface area contributed by atoms with Gasteiger partial charge in [-0.1, -0.05) is 12.8 Å². The molecule has 1 amide bonds. The number of nitriles is 1. The molecule has 6 nitrogen and oxygen atoms in total. The van der Waals surface area contributed by atoms with Gasteiger partial charge >= 0.3 is 0 Å². The van der Waals surface area contributed by atoms with Crippen LogP contribution in [0.15, 0.2) is 6.20 Å². The Morgan fingerprint density at radius 1 is 1.38 bits per heavy atom. The number of anilines is 1. The number of rotatable bonds is 2. The number of nitrogens with zero attached hydrogens (tertiary/aromatic N) is 5. The van der Waals surface area contributed by atoms with E-state index >= 15 is 0 Å². The molecule has 0 radical (unpaired) electrons. The van der Waals surface area contributed by atoms with Gasteiger partial charge in [0.05, 0.1) is 19.2 Å². The molecule has 1 aliphatic carbocycles. The number of carbonyl (C=O) groups excluding carboxylic acids is 1. The number of aromatic nitrogens is 2. The molecule has 1 aromatic rings. The highest BCUT2D eigenvalue weighted by Crippen LogP contribution is 2.31. The first-order valence-electron chi connectivity index (χ1n) is 7.12. The summed E-state index contributed by atoms with van der Waals surface area (Å²) in [6.45, 7) is 0.703. The molecule has 7 heteroatoms. The molecule has 110 valence electrons. The van der Waals surface area contributed by atoms with Gasteiger partial charge in [0, 0.05) is 17.8 Å². The molecule has 21 heavy (non-hydrogen) atoms. The highest BCUT2D eigenvalue weighted by Gasteiger charge is 2.32. The van der Waals surface area contributed by atoms with Gasteiger partial charge in [0.25, 0.3) is 0 Å². The van der Waals surface area contributed by atoms with Crippen LogP contribution in [0.5, 0.6) is 0 Å². The fraction of sp³-hybridized carbons (Fsp3) is 0.571. The summed E-state index contributed by atoms with van der Waals surface area (Å²) in [6, 6.07) is 2.36. The molecule has 0 atom stereocenters. The van der Waals surface area contributed by atoms with Gasteiger partial charge in [-0.25, -0.2) is 9.97 Å². The topological polar surface area (TPSA) is 73.1 Å². The van der Waals surface area contributed by atoms with E-state index in [0.717, 1.165) is 24.2 Å². The zero-order valence-corrected chi connectivity index (χ0v) is 12.4. The molecule has 1 aromatic heterocycles. The van der Waals surface area contributed by atoms with E-state index < -0.39 is 0 Å². The van der Waals surface area contributed by atoms with Gasteiger partial charge in [0.2, 0.25) is 11.2 Å². The first-order valence-corrected chi connectivity index (χ1v) is 7.49. The molecule has 0 N–H and O–H groups in total. The van der Waals surface area contributed by atoms with E-state index in [2.05, 4.69) is 14.9 Å². The van der Waals surface area contributed by atoms with Crippen molar-refractivity contribution >= 4 is 23.3 Å². The van der Waals surface area contributed by atoms with E-state index in [0.29, 0.717) is 12.6 Å². The SMILES string of the molecule is N#CCN1Cc2cnc(Cl)nc2N(C2CCCC2)CC1=O. The first kappa shape index (κ1) is 14.1. The maximum Gasteiger partial charge on any atom is 0.243 e. The average Bonchev–Trinajstić information content (AvgIpc) is 2.95. The van der Waals surface area contributed by atoms with Gasteiger partial charge in [-0.3, -0.25) is 4.79 Å². The normalized spacial score (nSPS) is 19.3. The van der Waals surface area contributed by atoms with Crippen LogP contribution in [0, 0.1) is 11.3 Å². The predicted molar refractivity (Wildman–Crippen MR) is 77.7 cm³/mol. The van der Waals surface area contributed by atoms with Gasteiger partial charge < -0.3 is 9.80 Å². The van der Waals surface area contributed by atoms with Crippen LogP contribution in [0.25, 0.3) is 0 Å². The van der Waals surface area contributed by atoms with Gasteiger partial charge in [-0.2, -0.15) is 5.26 Å². The Labute approximate surface area is 128 Å². The number of fused-ring (bicyclic) bond motifs is 1. The van der Waals surface area contributed by atoms with Gasteiger partial charge in [-0.15, -0.1) is 0 Å². The summed E-state index contributed by atoms with van der Waals surface area (Å²) in [5, 5.41) is 9.08. The number of hydrogen-bond acceptors (Lipinski definition) is 5. The van der Waals surface area contributed by atoms with Crippen molar-refractivity contribution in [2.45, 2.75) is 38.3 Å². The van der Waals surface area contributed by atoms with E-state index in [9.17, 15) is 4.79 Å². The Balaban J connectivity index is 1.99. The molecule has 2 heterocycles. The van der Waals surface area contributed by atoms with Crippen molar-refractivity contribution in [3.05, 3.63) is 17.0 Å². The Morgan fingerprint density at radius 3 is 2.86 bits per heavy atom. The Bertz CT molecular complexity index is 594. The molecule has 0 bridgehead atoms. The maximum atomic E-state index is 12.4. The summed E-state index contributed by atoms with van der Waals surface area (Å²) in [7, 11) is 0. The standard InChI is InChI=1S/C14H16ClN5O/c15-14-17-7-10-8-19(6-5-16)12(21)9-20(13(10)18-14)11-3-1-2-4-11/h7,11H,1-4,6,8-9H2. The number of amides is 1. The quantitative estimate of drug-likeness (QED) is 0.615. The Hall–Kier alpha value is -1.87. The van der Waals surface area contributed by atoms with Crippen molar-refractivity contribution in [1.29, 1.82) is 5.26 Å². The van der Waals surface area contributed by atoms with Crippen LogP contribution in [-0.2, 0) is 11.3 Å². The van der Waals surface area contributed by atoms with Gasteiger partial charge in [-0.05, 0) is 24.4 Å². The van der Waals surface area contributed by atoms with E-state index in [4.69, 9.17) is 16.9 Å². The minimum Gasteiger partial charge on any atom is -0.344 e. The summed E-state index contributed by atoms with van der Waals surface area (Å²) >= 11 is 5.94. The number of hydrogen-bond donors (Lipinski definition) is 0. The average molecular weight is 306 g/mol. The van der Waals surface area contributed by atoms with Crippen molar-refractivity contribution in [3.63, 3.8) is 0 Å². The monoisotopic (exact) mass is 305 g/mol. The molecular weight excluding hydrogens is 290 g/mol. The third kappa shape index (κ3) is 2.79. The summed E-state index contributed by atoms with van der Waals surface area (Å²) in [5.74, 6) is 0.702.